The number of hydrogen-bond acceptors (Lipinski definition) is 15. The van der Waals surface area contributed by atoms with E-state index in [0.29, 0.717) is 126 Å². The van der Waals surface area contributed by atoms with E-state index < -0.39 is 48.5 Å². The van der Waals surface area contributed by atoms with E-state index in [2.05, 4.69) is 69.8 Å². The lowest BCUT2D eigenvalue weighted by atomic mass is 10.1. The molecular weight excluding hydrogens is 1730 g/mol. The summed E-state index contributed by atoms with van der Waals surface area (Å²) < 4.78 is 114. The maximum atomic E-state index is 13.9. The molecule has 36 heteroatoms. The summed E-state index contributed by atoms with van der Waals surface area (Å²) in [7, 11) is 0. The maximum absolute atomic E-state index is 13.9. The van der Waals surface area contributed by atoms with E-state index in [1.165, 1.54) is 54.8 Å². The standard InChI is InChI=1S/C15H14FN3O.C15H16FN3O.3C14H14FN3O.C13H13FN3O2.C13H12FN3O/c16-10-3-4-13(14(20)15-17-7-8-18-15)19-11(9-1-2-9)5-6-12(10)19;1-9(2)11-5-6-12-10(16)3-4-13(19(11)12)14(20)15-17-7-8-18-15;3*1-2-9-3-5-11-10(15)4-6-12(18(9)11)13(19)14-16-7-8-17-14;1-2-8-7-19-13-9(14)3-4-10(17(8)13)11(18)12-15-5-6-16-12;1-8-2-4-10-9(14)3-5-11(17(8)10)12(18)13-15-6-7-16-13/h3-9,14,20H,1-2H2,(H,17,18);3-9,14,20H,1-2H3,(H,17,18);3*3-8,13,19H,2H2,1H3,(H,16,17);3-7,11,18H,2H2,1H3,(H,15,16);2-7,12,18H,1H3,(H,15,16)/q;;;;;+1;. The van der Waals surface area contributed by atoms with Crippen LogP contribution in [0.5, 0.6) is 0 Å². The third kappa shape index (κ3) is 18.6. The van der Waals surface area contributed by atoms with Crippen molar-refractivity contribution in [2.75, 3.05) is 0 Å². The molecule has 1 aliphatic carbocycles. The zero-order valence-corrected chi connectivity index (χ0v) is 73.6. The van der Waals surface area contributed by atoms with Crippen molar-refractivity contribution in [2.24, 2.45) is 0 Å². The first-order chi connectivity index (χ1) is 64.9. The fourth-order valence-corrected chi connectivity index (χ4v) is 16.5. The normalized spacial score (nSPS) is 13.6. The largest absolute Gasteiger partial charge is 0.416 e. The van der Waals surface area contributed by atoms with E-state index in [4.69, 9.17) is 4.42 Å². The molecular formula is C98H97F7N21O8+. The summed E-state index contributed by atoms with van der Waals surface area (Å²) in [6, 6.07) is 42.3. The van der Waals surface area contributed by atoms with E-state index in [0.717, 1.165) is 72.0 Å². The minimum Gasteiger partial charge on any atom is -0.404 e. The SMILES string of the molecule is CC(C)c1ccc2c(F)ccc(C(O)c3ncc[nH]3)n12.CCc1ccc2c(F)ccc(C(O)c3ncc[nH]3)n12.CCc1ccc2c(F)ccc(C(O)c3ncc[nH]3)n12.CCc1ccc2c(F)ccc(C(O)c3ncc[nH]3)n12.CCc1coc2c(F)ccc(C(O)c3ncc[nH]3)[n+]12.Cc1ccc2c(F)ccc(C(O)c3ncc[nH]3)n12.OC(c1ncc[nH]1)c1ccc(F)c2ccc(C3CC3)n12. The molecule has 0 aliphatic heterocycles. The first kappa shape index (κ1) is 92.2. The molecule has 134 heavy (non-hydrogen) atoms. The molecule has 1 aliphatic rings. The highest BCUT2D eigenvalue weighted by Crippen LogP contribution is 2.43. The van der Waals surface area contributed by atoms with Crippen LogP contribution < -0.4 is 4.40 Å². The quantitative estimate of drug-likeness (QED) is 0.0249. The van der Waals surface area contributed by atoms with Crippen molar-refractivity contribution >= 4 is 38.8 Å². The molecule has 21 aromatic heterocycles. The van der Waals surface area contributed by atoms with Gasteiger partial charge in [-0.3, -0.25) is 0 Å². The van der Waals surface area contributed by atoms with Crippen LogP contribution in [0.1, 0.15) is 229 Å². The highest BCUT2D eigenvalue weighted by Gasteiger charge is 2.33. The van der Waals surface area contributed by atoms with Gasteiger partial charge in [0.25, 0.3) is 0 Å². The van der Waals surface area contributed by atoms with Gasteiger partial charge in [-0.25, -0.2) is 61.2 Å². The lowest BCUT2D eigenvalue weighted by Crippen LogP contribution is -2.32. The van der Waals surface area contributed by atoms with Crippen molar-refractivity contribution in [3.8, 4) is 0 Å². The molecule has 0 spiro atoms. The molecule has 1 fully saturated rings. The number of aliphatic hydroxyl groups excluding tert-OH is 7. The number of aryl methyl sites for hydroxylation is 5. The van der Waals surface area contributed by atoms with Crippen LogP contribution in [-0.4, -0.2) is 132 Å². The second-order valence-corrected chi connectivity index (χ2v) is 31.9. The number of imidazole rings is 7. The Labute approximate surface area is 760 Å². The molecule has 22 rings (SSSR count). The van der Waals surface area contributed by atoms with Crippen molar-refractivity contribution in [3.63, 3.8) is 0 Å². The summed E-state index contributed by atoms with van der Waals surface area (Å²) in [5.74, 6) is 1.57. The van der Waals surface area contributed by atoms with Crippen LogP contribution in [0.25, 0.3) is 38.8 Å². The average molecular weight is 1830 g/mol. The molecule has 29 nitrogen and oxygen atoms in total. The van der Waals surface area contributed by atoms with Gasteiger partial charge in [-0.15, -0.1) is 4.40 Å². The Morgan fingerprint density at radius 2 is 0.597 bits per heavy atom. The molecule has 0 aromatic carbocycles. The molecule has 21 heterocycles. The molecule has 7 atom stereocenters. The predicted molar refractivity (Wildman–Crippen MR) is 483 cm³/mol. The maximum Gasteiger partial charge on any atom is 0.416 e. The number of nitrogens with zero attached hydrogens (tertiary/aromatic N) is 14. The summed E-state index contributed by atoms with van der Waals surface area (Å²) in [5, 5.41) is 72.7. The van der Waals surface area contributed by atoms with Gasteiger partial charge < -0.3 is 101 Å². The number of halogens is 7. The minimum atomic E-state index is -0.967. The molecule has 1 saturated carbocycles. The zero-order chi connectivity index (χ0) is 94.3. The van der Waals surface area contributed by atoms with Crippen LogP contribution >= 0.6 is 0 Å². The van der Waals surface area contributed by atoms with Gasteiger partial charge in [0, 0.05) is 133 Å². The smallest absolute Gasteiger partial charge is 0.404 e. The zero-order valence-electron chi connectivity index (χ0n) is 73.6. The summed E-state index contributed by atoms with van der Waals surface area (Å²) >= 11 is 0. The summed E-state index contributed by atoms with van der Waals surface area (Å²) in [4.78, 5) is 48.5. The molecule has 690 valence electrons. The van der Waals surface area contributed by atoms with Gasteiger partial charge in [0.15, 0.2) is 49.0 Å². The van der Waals surface area contributed by atoms with Crippen molar-refractivity contribution in [1.29, 1.82) is 0 Å². The van der Waals surface area contributed by atoms with Gasteiger partial charge >= 0.3 is 5.71 Å². The third-order valence-electron chi connectivity index (χ3n) is 23.3. The Morgan fingerprint density at radius 3 is 0.918 bits per heavy atom. The van der Waals surface area contributed by atoms with Gasteiger partial charge in [0.1, 0.15) is 75.7 Å². The molecule has 0 bridgehead atoms. The number of oxazole rings is 1. The van der Waals surface area contributed by atoms with Crippen molar-refractivity contribution < 1.29 is 75.3 Å². The minimum absolute atomic E-state index is 0.0972. The predicted octanol–water partition coefficient (Wildman–Crippen LogP) is 16.8. The third-order valence-corrected chi connectivity index (χ3v) is 23.3. The number of H-pyrrole nitrogens is 7. The summed E-state index contributed by atoms with van der Waals surface area (Å²) in [6.07, 6.45) is 22.8. The van der Waals surface area contributed by atoms with E-state index in [9.17, 15) is 66.5 Å². The van der Waals surface area contributed by atoms with E-state index >= 15 is 0 Å². The number of aliphatic hydroxyl groups is 7. The highest BCUT2D eigenvalue weighted by molar-refractivity contribution is 5.59. The molecule has 0 amide bonds. The molecule has 7 unspecified atom stereocenters. The summed E-state index contributed by atoms with van der Waals surface area (Å²) in [6.45, 7) is 13.9. The van der Waals surface area contributed by atoms with Crippen LogP contribution in [0, 0.1) is 47.6 Å². The first-order valence-corrected chi connectivity index (χ1v) is 43.5. The number of rotatable bonds is 20. The lowest BCUT2D eigenvalue weighted by molar-refractivity contribution is -0.538. The Kier molecular flexibility index (Phi) is 27.8. The second kappa shape index (κ2) is 40.4. The van der Waals surface area contributed by atoms with Gasteiger partial charge in [0.2, 0.25) is 17.2 Å². The van der Waals surface area contributed by atoms with E-state index in [-0.39, 0.29) is 46.5 Å². The number of nitrogens with one attached hydrogen (secondary N) is 7. The van der Waals surface area contributed by atoms with Gasteiger partial charge in [0.05, 0.1) is 67.3 Å². The van der Waals surface area contributed by atoms with Crippen LogP contribution in [-0.2, 0) is 25.7 Å². The molecule has 14 N–H and O–H groups in total. The second-order valence-electron chi connectivity index (χ2n) is 31.9. The Hall–Kier alpha value is -15.1. The van der Waals surface area contributed by atoms with Gasteiger partial charge in [-0.05, 0) is 203 Å². The molecule has 0 radical (unpaired) electrons. The van der Waals surface area contributed by atoms with Crippen LogP contribution in [0.4, 0.5) is 30.7 Å². The van der Waals surface area contributed by atoms with Crippen LogP contribution in [0.15, 0.2) is 255 Å². The van der Waals surface area contributed by atoms with E-state index in [1.54, 1.807) is 186 Å². The number of aromatic amines is 7. The summed E-state index contributed by atoms with van der Waals surface area (Å²) in [5.41, 5.74) is 13.6. The van der Waals surface area contributed by atoms with E-state index in [1.807, 2.05) is 89.3 Å². The fraction of sp³-hybridized carbons (Fsp3) is 0.224. The molecule has 21 aromatic rings. The Bertz CT molecular complexity index is 6840. The number of aromatic nitrogens is 21. The number of fused-ring (bicyclic) bond motifs is 7. The lowest BCUT2D eigenvalue weighted by Gasteiger charge is -2.16. The van der Waals surface area contributed by atoms with Crippen molar-refractivity contribution in [1.82, 2.24) is 96.2 Å². The topological polar surface area (TPSA) is 386 Å². The molecule has 0 saturated heterocycles. The van der Waals surface area contributed by atoms with Gasteiger partial charge in [-0.1, -0.05) is 41.5 Å². The van der Waals surface area contributed by atoms with Crippen molar-refractivity contribution in [3.05, 3.63) is 412 Å². The van der Waals surface area contributed by atoms with Crippen molar-refractivity contribution in [2.45, 2.75) is 142 Å². The van der Waals surface area contributed by atoms with Gasteiger partial charge in [-0.2, -0.15) is 4.39 Å². The highest BCUT2D eigenvalue weighted by atomic mass is 19.2. The average Bonchev–Trinajstić information content (AvgIpc) is 1.60. The number of hydrogen-bond donors (Lipinski definition) is 14. The number of pyridine rings is 7. The monoisotopic (exact) mass is 1830 g/mol. The first-order valence-electron chi connectivity index (χ1n) is 43.5. The van der Waals surface area contributed by atoms with Crippen LogP contribution in [0.2, 0.25) is 0 Å². The fourth-order valence-electron chi connectivity index (χ4n) is 16.5. The van der Waals surface area contributed by atoms with Crippen LogP contribution in [0.3, 0.4) is 0 Å². The Balaban J connectivity index is 0.000000114. The Morgan fingerprint density at radius 1 is 0.321 bits per heavy atom.